The Balaban J connectivity index is 1.60. The molecule has 31 heavy (non-hydrogen) atoms. The second kappa shape index (κ2) is 9.15. The molecule has 0 radical (unpaired) electrons. The van der Waals surface area contributed by atoms with Crippen LogP contribution < -0.4 is 4.90 Å². The smallest absolute Gasteiger partial charge is 0.186 e. The first-order valence-corrected chi connectivity index (χ1v) is 11.1. The van der Waals surface area contributed by atoms with Crippen molar-refractivity contribution in [1.29, 1.82) is 0 Å². The Morgan fingerprint density at radius 3 is 1.94 bits per heavy atom. The van der Waals surface area contributed by atoms with Gasteiger partial charge >= 0.3 is 0 Å². The van der Waals surface area contributed by atoms with E-state index < -0.39 is 0 Å². The van der Waals surface area contributed by atoms with E-state index >= 15 is 0 Å². The van der Waals surface area contributed by atoms with Gasteiger partial charge in [0.2, 0.25) is 0 Å². The van der Waals surface area contributed by atoms with Crippen molar-refractivity contribution in [3.05, 3.63) is 117 Å². The molecule has 4 rings (SSSR count). The Morgan fingerprint density at radius 2 is 1.35 bits per heavy atom. The molecule has 1 heterocycles. The molecule has 0 amide bonds. The van der Waals surface area contributed by atoms with Crippen LogP contribution in [0.15, 0.2) is 91.0 Å². The molecule has 0 aliphatic carbocycles. The van der Waals surface area contributed by atoms with Gasteiger partial charge in [-0.2, -0.15) is 0 Å². The van der Waals surface area contributed by atoms with E-state index in [-0.39, 0.29) is 5.78 Å². The van der Waals surface area contributed by atoms with Gasteiger partial charge in [0.15, 0.2) is 5.78 Å². The van der Waals surface area contributed by atoms with Gasteiger partial charge in [-0.3, -0.25) is 4.79 Å². The number of nitrogens with zero attached hydrogens (tertiary/aromatic N) is 1. The average molecular weight is 424 g/mol. The van der Waals surface area contributed by atoms with Crippen molar-refractivity contribution in [2.24, 2.45) is 0 Å². The fraction of sp³-hybridized carbons (Fsp3) is 0.107. The van der Waals surface area contributed by atoms with E-state index in [4.69, 9.17) is 0 Å². The zero-order chi connectivity index (χ0) is 21.8. The van der Waals surface area contributed by atoms with Crippen LogP contribution in [-0.2, 0) is 0 Å². The van der Waals surface area contributed by atoms with Crippen molar-refractivity contribution >= 4 is 40.3 Å². The second-order valence-corrected chi connectivity index (χ2v) is 9.08. The number of allylic oxidation sites excluding steroid dienone is 1. The third kappa shape index (κ3) is 4.84. The highest BCUT2D eigenvalue weighted by Crippen LogP contribution is 2.34. The molecule has 0 atom stereocenters. The molecule has 0 bridgehead atoms. The van der Waals surface area contributed by atoms with Crippen LogP contribution in [-0.4, -0.2) is 5.78 Å². The van der Waals surface area contributed by atoms with Gasteiger partial charge in [-0.15, -0.1) is 11.3 Å². The summed E-state index contributed by atoms with van der Waals surface area (Å²) in [6.45, 7) is 6.12. The zero-order valence-electron chi connectivity index (χ0n) is 18.0. The van der Waals surface area contributed by atoms with Crippen molar-refractivity contribution in [2.75, 3.05) is 4.90 Å². The van der Waals surface area contributed by atoms with Crippen LogP contribution in [0.1, 0.15) is 31.2 Å². The fourth-order valence-corrected chi connectivity index (χ4v) is 4.52. The first-order chi connectivity index (χ1) is 15.0. The molecular weight excluding hydrogens is 398 g/mol. The number of aryl methyl sites for hydroxylation is 3. The van der Waals surface area contributed by atoms with E-state index in [9.17, 15) is 4.79 Å². The summed E-state index contributed by atoms with van der Waals surface area (Å²) in [5.74, 6) is 0.0523. The number of carbonyl (C=O) groups is 1. The summed E-state index contributed by atoms with van der Waals surface area (Å²) in [5, 5.41) is 0. The molecule has 3 aromatic carbocycles. The lowest BCUT2D eigenvalue weighted by Crippen LogP contribution is -2.09. The molecule has 0 fully saturated rings. The maximum Gasteiger partial charge on any atom is 0.186 e. The van der Waals surface area contributed by atoms with E-state index in [1.54, 1.807) is 17.4 Å². The van der Waals surface area contributed by atoms with E-state index in [2.05, 4.69) is 72.5 Å². The molecule has 1 aromatic heterocycles. The average Bonchev–Trinajstić information content (AvgIpc) is 3.13. The Kier molecular flexibility index (Phi) is 6.15. The summed E-state index contributed by atoms with van der Waals surface area (Å²) < 4.78 is 0. The number of hydrogen-bond donors (Lipinski definition) is 0. The van der Waals surface area contributed by atoms with Crippen LogP contribution in [0.5, 0.6) is 0 Å². The Morgan fingerprint density at radius 1 is 0.774 bits per heavy atom. The zero-order valence-corrected chi connectivity index (χ0v) is 18.8. The van der Waals surface area contributed by atoms with Gasteiger partial charge in [-0.05, 0) is 74.9 Å². The summed E-state index contributed by atoms with van der Waals surface area (Å²) in [7, 11) is 0. The highest BCUT2D eigenvalue weighted by atomic mass is 32.1. The third-order valence-electron chi connectivity index (χ3n) is 5.19. The molecule has 0 N–H and O–H groups in total. The van der Waals surface area contributed by atoms with Crippen LogP contribution in [0.3, 0.4) is 0 Å². The predicted octanol–water partition coefficient (Wildman–Crippen LogP) is 8.04. The first-order valence-electron chi connectivity index (χ1n) is 10.3. The maximum absolute atomic E-state index is 12.5. The Bertz CT molecular complexity index is 1200. The molecule has 154 valence electrons. The largest absolute Gasteiger partial charge is 0.311 e. The van der Waals surface area contributed by atoms with Crippen LogP contribution >= 0.6 is 11.3 Å². The fourth-order valence-electron chi connectivity index (χ4n) is 3.59. The molecule has 0 unspecified atom stereocenters. The molecule has 0 saturated heterocycles. The van der Waals surface area contributed by atoms with E-state index in [1.165, 1.54) is 5.56 Å². The van der Waals surface area contributed by atoms with Crippen molar-refractivity contribution in [3.63, 3.8) is 0 Å². The lowest BCUT2D eigenvalue weighted by Gasteiger charge is -2.25. The minimum Gasteiger partial charge on any atom is -0.311 e. The maximum atomic E-state index is 12.5. The van der Waals surface area contributed by atoms with Crippen LogP contribution in [0, 0.1) is 20.8 Å². The monoisotopic (exact) mass is 423 g/mol. The van der Waals surface area contributed by atoms with Crippen molar-refractivity contribution in [2.45, 2.75) is 20.8 Å². The number of ketones is 1. The normalized spacial score (nSPS) is 11.1. The van der Waals surface area contributed by atoms with E-state index in [1.807, 2.05) is 44.2 Å². The summed E-state index contributed by atoms with van der Waals surface area (Å²) >= 11 is 1.66. The molecule has 4 aromatic rings. The van der Waals surface area contributed by atoms with Crippen molar-refractivity contribution in [1.82, 2.24) is 0 Å². The van der Waals surface area contributed by atoms with Gasteiger partial charge in [-0.25, -0.2) is 0 Å². The number of para-hydroxylation sites is 1. The van der Waals surface area contributed by atoms with Crippen LogP contribution in [0.25, 0.3) is 6.08 Å². The lowest BCUT2D eigenvalue weighted by atomic mass is 10.1. The van der Waals surface area contributed by atoms with Crippen LogP contribution in [0.4, 0.5) is 17.1 Å². The number of carbonyl (C=O) groups excluding carboxylic acids is 1. The topological polar surface area (TPSA) is 20.3 Å². The molecule has 0 saturated carbocycles. The highest BCUT2D eigenvalue weighted by Gasteiger charge is 2.12. The quantitative estimate of drug-likeness (QED) is 0.231. The number of hydrogen-bond acceptors (Lipinski definition) is 3. The minimum absolute atomic E-state index is 0.0523. The molecule has 2 nitrogen and oxygen atoms in total. The summed E-state index contributed by atoms with van der Waals surface area (Å²) in [6.07, 6.45) is 3.55. The van der Waals surface area contributed by atoms with E-state index in [0.29, 0.717) is 0 Å². The predicted molar refractivity (Wildman–Crippen MR) is 133 cm³/mol. The molecule has 0 aliphatic rings. The second-order valence-electron chi connectivity index (χ2n) is 7.62. The van der Waals surface area contributed by atoms with Gasteiger partial charge in [0, 0.05) is 32.4 Å². The van der Waals surface area contributed by atoms with Crippen molar-refractivity contribution in [3.8, 4) is 0 Å². The molecule has 0 spiro atoms. The summed E-state index contributed by atoms with van der Waals surface area (Å²) in [6, 6.07) is 29.1. The highest BCUT2D eigenvalue weighted by molar-refractivity contribution is 7.12. The third-order valence-corrected chi connectivity index (χ3v) is 6.16. The van der Waals surface area contributed by atoms with Crippen LogP contribution in [0.2, 0.25) is 0 Å². The van der Waals surface area contributed by atoms with Gasteiger partial charge in [0.25, 0.3) is 0 Å². The first kappa shape index (κ1) is 20.8. The number of benzene rings is 3. The Labute approximate surface area is 188 Å². The summed E-state index contributed by atoms with van der Waals surface area (Å²) in [5.41, 5.74) is 6.32. The SMILES string of the molecule is Cc1ccc(N(c2ccccc2)c2ccc(/C=C/C(=O)c3cc(C)sc3C)cc2)cc1. The van der Waals surface area contributed by atoms with Crippen molar-refractivity contribution < 1.29 is 4.79 Å². The lowest BCUT2D eigenvalue weighted by molar-refractivity contribution is 0.104. The van der Waals surface area contributed by atoms with E-state index in [0.717, 1.165) is 37.9 Å². The number of anilines is 3. The summed E-state index contributed by atoms with van der Waals surface area (Å²) in [4.78, 5) is 17.0. The minimum atomic E-state index is 0.0523. The standard InChI is InChI=1S/C28H25NOS/c1-20-9-14-25(15-10-20)29(24-7-5-4-6-8-24)26-16-11-23(12-17-26)13-18-28(30)27-19-21(2)31-22(27)3/h4-19H,1-3H3/b18-13+. The van der Waals surface area contributed by atoms with Gasteiger partial charge in [0.1, 0.15) is 0 Å². The molecule has 3 heteroatoms. The van der Waals surface area contributed by atoms with Gasteiger partial charge in [-0.1, -0.05) is 54.1 Å². The number of thiophene rings is 1. The Hall–Kier alpha value is -3.43. The molecule has 0 aliphatic heterocycles. The van der Waals surface area contributed by atoms with Gasteiger partial charge < -0.3 is 4.90 Å². The van der Waals surface area contributed by atoms with Gasteiger partial charge in [0.05, 0.1) is 0 Å². The number of rotatable bonds is 6. The molecular formula is C28H25NOS.